The molecular weight excluding hydrogens is 387 g/mol. The molecule has 1 aromatic rings. The Kier molecular flexibility index (Phi) is 4.98. The van der Waals surface area contributed by atoms with Crippen molar-refractivity contribution in [3.63, 3.8) is 0 Å². The van der Waals surface area contributed by atoms with Gasteiger partial charge in [0.15, 0.2) is 17.5 Å². The predicted octanol–water partition coefficient (Wildman–Crippen LogP) is 1.16. The highest BCUT2D eigenvalue weighted by atomic mass is 35.5. The number of carboxylic acids is 1. The number of aliphatic carboxylic acids is 1. The zero-order valence-corrected chi connectivity index (χ0v) is 15.8. The van der Waals surface area contributed by atoms with Gasteiger partial charge in [-0.25, -0.2) is 14.4 Å². The normalized spacial score (nSPS) is 32.0. The van der Waals surface area contributed by atoms with Crippen molar-refractivity contribution < 1.29 is 14.3 Å². The van der Waals surface area contributed by atoms with Crippen LogP contribution in [0.3, 0.4) is 0 Å². The number of nitrogens with one attached hydrogen (secondary N) is 3. The van der Waals surface area contributed by atoms with Crippen molar-refractivity contribution in [3.05, 3.63) is 35.7 Å². The number of hydrogen-bond donors (Lipinski definition) is 5. The largest absolute Gasteiger partial charge is 0.480 e. The second-order valence-corrected chi connectivity index (χ2v) is 7.94. The lowest BCUT2D eigenvalue weighted by Gasteiger charge is -2.38. The summed E-state index contributed by atoms with van der Waals surface area (Å²) in [6.07, 6.45) is 7.07. The smallest absolute Gasteiger partial charge is 0.325 e. The van der Waals surface area contributed by atoms with E-state index in [1.807, 2.05) is 6.08 Å². The van der Waals surface area contributed by atoms with E-state index in [9.17, 15) is 14.3 Å². The van der Waals surface area contributed by atoms with E-state index in [1.54, 1.807) is 6.20 Å². The number of carboxylic acid groups (broad SMARTS) is 1. The molecule has 1 fully saturated rings. The zero-order chi connectivity index (χ0) is 19.9. The van der Waals surface area contributed by atoms with Gasteiger partial charge in [-0.05, 0) is 18.4 Å². The van der Waals surface area contributed by atoms with E-state index in [0.29, 0.717) is 30.8 Å². The molecule has 3 heterocycles. The number of anilines is 1. The molecule has 0 amide bonds. The van der Waals surface area contributed by atoms with Gasteiger partial charge in [0.05, 0.1) is 17.6 Å². The standard InChI is InChI=1S/C18H22ClFN6O2/c19-9-5-10-11(7-23-14(10)22-6-9)15-24-8-12(20)16(26-15)25-13-3-1-2-4-18(13,21)17(27)28/h5,7-9,13-14,22-23H,1-4,6,21H2,(H,27,28)(H,24,25,26)/t9?,13-,14?,18+/m0/s1. The Morgan fingerprint density at radius 1 is 1.46 bits per heavy atom. The minimum absolute atomic E-state index is 0.0517. The molecule has 0 spiro atoms. The van der Waals surface area contributed by atoms with Gasteiger partial charge in [0.25, 0.3) is 0 Å². The summed E-state index contributed by atoms with van der Waals surface area (Å²) in [7, 11) is 0. The van der Waals surface area contributed by atoms with Crippen LogP contribution in [0.2, 0.25) is 0 Å². The lowest BCUT2D eigenvalue weighted by Crippen LogP contribution is -2.61. The van der Waals surface area contributed by atoms with E-state index < -0.39 is 23.4 Å². The molecule has 1 aliphatic carbocycles. The number of nitrogens with two attached hydrogens (primary N) is 1. The third-order valence-electron chi connectivity index (χ3n) is 5.54. The Labute approximate surface area is 166 Å². The van der Waals surface area contributed by atoms with Gasteiger partial charge in [-0.1, -0.05) is 18.9 Å². The summed E-state index contributed by atoms with van der Waals surface area (Å²) in [4.78, 5) is 20.1. The summed E-state index contributed by atoms with van der Waals surface area (Å²) in [5, 5.41) is 18.8. The number of fused-ring (bicyclic) bond motifs is 1. The minimum atomic E-state index is -1.46. The highest BCUT2D eigenvalue weighted by Crippen LogP contribution is 2.32. The Balaban J connectivity index is 1.62. The molecule has 2 aliphatic heterocycles. The van der Waals surface area contributed by atoms with Crippen molar-refractivity contribution in [3.8, 4) is 0 Å². The molecule has 150 valence electrons. The number of halogens is 2. The predicted molar refractivity (Wildman–Crippen MR) is 103 cm³/mol. The third-order valence-corrected chi connectivity index (χ3v) is 5.82. The highest BCUT2D eigenvalue weighted by molar-refractivity contribution is 6.22. The van der Waals surface area contributed by atoms with Gasteiger partial charge in [0.2, 0.25) is 0 Å². The van der Waals surface area contributed by atoms with Gasteiger partial charge in [0, 0.05) is 18.3 Å². The molecule has 6 N–H and O–H groups in total. The number of hydrogen-bond acceptors (Lipinski definition) is 7. The fourth-order valence-electron chi connectivity index (χ4n) is 3.95. The maximum atomic E-state index is 14.4. The molecular formula is C18H22ClFN6O2. The van der Waals surface area contributed by atoms with Crippen LogP contribution in [-0.4, -0.2) is 50.7 Å². The van der Waals surface area contributed by atoms with Gasteiger partial charge in [0.1, 0.15) is 11.7 Å². The van der Waals surface area contributed by atoms with Crippen LogP contribution in [0.1, 0.15) is 31.5 Å². The van der Waals surface area contributed by atoms with Crippen LogP contribution in [0, 0.1) is 5.82 Å². The van der Waals surface area contributed by atoms with Gasteiger partial charge in [-0.2, -0.15) is 0 Å². The van der Waals surface area contributed by atoms with Crippen LogP contribution in [-0.2, 0) is 4.79 Å². The number of nitrogens with zero attached hydrogens (tertiary/aromatic N) is 2. The van der Waals surface area contributed by atoms with Crippen molar-refractivity contribution in [2.24, 2.45) is 5.73 Å². The van der Waals surface area contributed by atoms with Gasteiger partial charge < -0.3 is 21.5 Å². The monoisotopic (exact) mass is 408 g/mol. The quantitative estimate of drug-likeness (QED) is 0.470. The van der Waals surface area contributed by atoms with Crippen LogP contribution >= 0.6 is 11.6 Å². The molecule has 0 aromatic carbocycles. The van der Waals surface area contributed by atoms with Crippen LogP contribution in [0.25, 0.3) is 5.57 Å². The van der Waals surface area contributed by atoms with Gasteiger partial charge in [-0.15, -0.1) is 11.6 Å². The second kappa shape index (κ2) is 7.31. The first-order valence-corrected chi connectivity index (χ1v) is 9.69. The zero-order valence-electron chi connectivity index (χ0n) is 15.1. The van der Waals surface area contributed by atoms with Crippen molar-refractivity contribution in [1.82, 2.24) is 20.6 Å². The van der Waals surface area contributed by atoms with Crippen LogP contribution in [0.4, 0.5) is 10.2 Å². The van der Waals surface area contributed by atoms with E-state index in [2.05, 4.69) is 25.9 Å². The third kappa shape index (κ3) is 3.34. The molecule has 28 heavy (non-hydrogen) atoms. The van der Waals surface area contributed by atoms with Crippen LogP contribution in [0.5, 0.6) is 0 Å². The van der Waals surface area contributed by atoms with Crippen molar-refractivity contribution in [2.75, 3.05) is 11.9 Å². The average Bonchev–Trinajstić information content (AvgIpc) is 3.08. The topological polar surface area (TPSA) is 125 Å². The Hall–Kier alpha value is -2.23. The lowest BCUT2D eigenvalue weighted by atomic mass is 9.78. The first-order chi connectivity index (χ1) is 13.4. The lowest BCUT2D eigenvalue weighted by molar-refractivity contribution is -0.145. The van der Waals surface area contributed by atoms with E-state index in [-0.39, 0.29) is 17.4 Å². The average molecular weight is 409 g/mol. The van der Waals surface area contributed by atoms with Crippen molar-refractivity contribution >= 4 is 29.0 Å². The van der Waals surface area contributed by atoms with Gasteiger partial charge >= 0.3 is 5.97 Å². The summed E-state index contributed by atoms with van der Waals surface area (Å²) in [5.74, 6) is -1.48. The fourth-order valence-corrected chi connectivity index (χ4v) is 4.17. The van der Waals surface area contributed by atoms with Crippen LogP contribution < -0.4 is 21.7 Å². The first-order valence-electron chi connectivity index (χ1n) is 9.26. The van der Waals surface area contributed by atoms with E-state index in [0.717, 1.165) is 24.6 Å². The summed E-state index contributed by atoms with van der Waals surface area (Å²) in [6.45, 7) is 0.635. The minimum Gasteiger partial charge on any atom is -0.480 e. The van der Waals surface area contributed by atoms with E-state index in [4.69, 9.17) is 17.3 Å². The molecule has 3 aliphatic rings. The Morgan fingerprint density at radius 2 is 2.29 bits per heavy atom. The molecule has 4 rings (SSSR count). The molecule has 0 saturated heterocycles. The Morgan fingerprint density at radius 3 is 3.07 bits per heavy atom. The van der Waals surface area contributed by atoms with Gasteiger partial charge in [-0.3, -0.25) is 10.1 Å². The maximum absolute atomic E-state index is 14.4. The van der Waals surface area contributed by atoms with Crippen LogP contribution in [0.15, 0.2) is 24.0 Å². The summed E-state index contributed by atoms with van der Waals surface area (Å²) < 4.78 is 14.4. The van der Waals surface area contributed by atoms with E-state index >= 15 is 0 Å². The molecule has 4 atom stereocenters. The van der Waals surface area contributed by atoms with E-state index in [1.165, 1.54) is 0 Å². The molecule has 2 unspecified atom stereocenters. The van der Waals surface area contributed by atoms with Crippen molar-refractivity contribution in [1.29, 1.82) is 0 Å². The molecule has 0 radical (unpaired) electrons. The number of rotatable bonds is 4. The summed E-state index contributed by atoms with van der Waals surface area (Å²) in [6, 6.07) is -0.623. The number of carbonyl (C=O) groups is 1. The second-order valence-electron chi connectivity index (χ2n) is 7.38. The molecule has 8 nitrogen and oxygen atoms in total. The maximum Gasteiger partial charge on any atom is 0.325 e. The molecule has 10 heteroatoms. The van der Waals surface area contributed by atoms with Crippen molar-refractivity contribution in [2.45, 2.75) is 48.8 Å². The summed E-state index contributed by atoms with van der Waals surface area (Å²) >= 11 is 6.21. The number of alkyl halides is 1. The Bertz CT molecular complexity index is 862. The molecule has 1 saturated carbocycles. The number of aromatic nitrogens is 2. The molecule has 1 aromatic heterocycles. The first kappa shape index (κ1) is 19.1. The fraction of sp³-hybridized carbons (Fsp3) is 0.500. The highest BCUT2D eigenvalue weighted by Gasteiger charge is 2.44. The summed E-state index contributed by atoms with van der Waals surface area (Å²) in [5.41, 5.74) is 6.28. The SMILES string of the molecule is N[C@]1(C(=O)O)CCCC[C@@H]1Nc1nc(C2=CNC3NCC(Cl)C=C23)ncc1F. The molecule has 0 bridgehead atoms.